The van der Waals surface area contributed by atoms with Crippen molar-refractivity contribution in [2.75, 3.05) is 0 Å². The first kappa shape index (κ1) is 14.1. The van der Waals surface area contributed by atoms with E-state index in [1.165, 1.54) is 12.1 Å². The van der Waals surface area contributed by atoms with Crippen molar-refractivity contribution in [3.63, 3.8) is 0 Å². The van der Waals surface area contributed by atoms with Crippen LogP contribution in [-0.2, 0) is 6.42 Å². The zero-order valence-electron chi connectivity index (χ0n) is 11.1. The van der Waals surface area contributed by atoms with Crippen molar-refractivity contribution in [3.05, 3.63) is 58.0 Å². The third-order valence-corrected chi connectivity index (χ3v) is 3.72. The summed E-state index contributed by atoms with van der Waals surface area (Å²) < 4.78 is 32.0. The highest BCUT2D eigenvalue weighted by molar-refractivity contribution is 6.21. The molecule has 0 fully saturated rings. The van der Waals surface area contributed by atoms with Crippen molar-refractivity contribution in [2.45, 2.75) is 32.6 Å². The second-order valence-corrected chi connectivity index (χ2v) is 5.19. The van der Waals surface area contributed by atoms with Gasteiger partial charge in [-0.15, -0.1) is 11.6 Å². The molecule has 4 heteroatoms. The van der Waals surface area contributed by atoms with Crippen molar-refractivity contribution in [1.82, 2.24) is 0 Å². The van der Waals surface area contributed by atoms with Gasteiger partial charge in [-0.2, -0.15) is 0 Å². The highest BCUT2D eigenvalue weighted by Gasteiger charge is 2.20. The van der Waals surface area contributed by atoms with Gasteiger partial charge < -0.3 is 4.42 Å². The Morgan fingerprint density at radius 3 is 2.37 bits per heavy atom. The van der Waals surface area contributed by atoms with Crippen LogP contribution in [-0.4, -0.2) is 0 Å². The lowest BCUT2D eigenvalue weighted by atomic mass is 10.0. The maximum absolute atomic E-state index is 13.6. The molecule has 0 radical (unpaired) electrons. The molecule has 0 aliphatic heterocycles. The van der Waals surface area contributed by atoms with Crippen LogP contribution in [0, 0.1) is 32.4 Å². The second-order valence-electron chi connectivity index (χ2n) is 4.66. The molecule has 0 bridgehead atoms. The number of benzene rings is 1. The van der Waals surface area contributed by atoms with E-state index in [1.54, 1.807) is 0 Å². The Morgan fingerprint density at radius 1 is 1.16 bits per heavy atom. The van der Waals surface area contributed by atoms with E-state index in [4.69, 9.17) is 16.0 Å². The zero-order valence-corrected chi connectivity index (χ0v) is 11.8. The molecule has 0 aliphatic rings. The fourth-order valence-electron chi connectivity index (χ4n) is 2.25. The quantitative estimate of drug-likeness (QED) is 0.723. The lowest BCUT2D eigenvalue weighted by molar-refractivity contribution is 0.499. The van der Waals surface area contributed by atoms with Crippen LogP contribution in [0.1, 0.15) is 33.6 Å². The zero-order chi connectivity index (χ0) is 14.2. The van der Waals surface area contributed by atoms with Crippen molar-refractivity contribution in [2.24, 2.45) is 0 Å². The molecule has 2 aromatic rings. The summed E-state index contributed by atoms with van der Waals surface area (Å²) in [5, 5.41) is -0.391. The SMILES string of the molecule is Cc1oc(C)c(C(Cl)Cc2ccc(F)cc2F)c1C. The molecule has 0 saturated carbocycles. The van der Waals surface area contributed by atoms with Crippen LogP contribution in [0.25, 0.3) is 0 Å². The summed E-state index contributed by atoms with van der Waals surface area (Å²) in [6.07, 6.45) is 0.300. The van der Waals surface area contributed by atoms with E-state index in [2.05, 4.69) is 0 Å². The summed E-state index contributed by atoms with van der Waals surface area (Å²) in [5.41, 5.74) is 2.28. The topological polar surface area (TPSA) is 13.1 Å². The van der Waals surface area contributed by atoms with Gasteiger partial charge in [0.25, 0.3) is 0 Å². The van der Waals surface area contributed by atoms with Crippen molar-refractivity contribution < 1.29 is 13.2 Å². The van der Waals surface area contributed by atoms with Gasteiger partial charge in [0.15, 0.2) is 0 Å². The number of hydrogen-bond acceptors (Lipinski definition) is 1. The van der Waals surface area contributed by atoms with E-state index >= 15 is 0 Å². The van der Waals surface area contributed by atoms with Gasteiger partial charge in [-0.05, 0) is 44.4 Å². The van der Waals surface area contributed by atoms with Crippen molar-refractivity contribution in [3.8, 4) is 0 Å². The normalized spacial score (nSPS) is 12.7. The fourth-order valence-corrected chi connectivity index (χ4v) is 2.74. The first-order valence-corrected chi connectivity index (χ1v) is 6.48. The smallest absolute Gasteiger partial charge is 0.129 e. The van der Waals surface area contributed by atoms with E-state index in [-0.39, 0.29) is 0 Å². The van der Waals surface area contributed by atoms with Crippen LogP contribution in [0.15, 0.2) is 22.6 Å². The van der Waals surface area contributed by atoms with Crippen LogP contribution in [0.4, 0.5) is 8.78 Å². The molecule has 0 amide bonds. The van der Waals surface area contributed by atoms with Crippen molar-refractivity contribution in [1.29, 1.82) is 0 Å². The monoisotopic (exact) mass is 284 g/mol. The van der Waals surface area contributed by atoms with Gasteiger partial charge >= 0.3 is 0 Å². The van der Waals surface area contributed by atoms with E-state index in [9.17, 15) is 8.78 Å². The van der Waals surface area contributed by atoms with E-state index in [0.717, 1.165) is 28.7 Å². The number of halogens is 3. The van der Waals surface area contributed by atoms with Gasteiger partial charge in [0.2, 0.25) is 0 Å². The predicted molar refractivity (Wildman–Crippen MR) is 71.6 cm³/mol. The number of hydrogen-bond donors (Lipinski definition) is 0. The van der Waals surface area contributed by atoms with E-state index in [1.807, 2.05) is 20.8 Å². The molecule has 2 rings (SSSR count). The van der Waals surface area contributed by atoms with Crippen molar-refractivity contribution >= 4 is 11.6 Å². The molecule has 0 N–H and O–H groups in total. The molecule has 0 saturated heterocycles. The Labute approximate surface area is 116 Å². The Hall–Kier alpha value is -1.35. The molecule has 19 heavy (non-hydrogen) atoms. The molecular formula is C15H15ClF2O. The molecule has 102 valence electrons. The average Bonchev–Trinajstić information content (AvgIpc) is 2.57. The molecule has 0 spiro atoms. The Bertz CT molecular complexity index is 604. The second kappa shape index (κ2) is 5.33. The summed E-state index contributed by atoms with van der Waals surface area (Å²) in [4.78, 5) is 0. The lowest BCUT2D eigenvalue weighted by Gasteiger charge is -2.11. The number of aryl methyl sites for hydroxylation is 2. The minimum absolute atomic E-state index is 0.300. The molecule has 1 nitrogen and oxygen atoms in total. The summed E-state index contributed by atoms with van der Waals surface area (Å²) in [7, 11) is 0. The molecule has 1 aromatic heterocycles. The molecule has 1 heterocycles. The van der Waals surface area contributed by atoms with Crippen LogP contribution in [0.2, 0.25) is 0 Å². The van der Waals surface area contributed by atoms with Gasteiger partial charge in [0, 0.05) is 11.6 Å². The lowest BCUT2D eigenvalue weighted by Crippen LogP contribution is -2.01. The third kappa shape index (κ3) is 2.81. The molecular weight excluding hydrogens is 270 g/mol. The summed E-state index contributed by atoms with van der Waals surface area (Å²) in [5.74, 6) is 0.412. The predicted octanol–water partition coefficient (Wildman–Crippen LogP) is 5.01. The minimum Gasteiger partial charge on any atom is -0.466 e. The van der Waals surface area contributed by atoms with Gasteiger partial charge in [-0.25, -0.2) is 8.78 Å². The van der Waals surface area contributed by atoms with E-state index < -0.39 is 17.0 Å². The molecule has 1 aromatic carbocycles. The number of furan rings is 1. The Balaban J connectivity index is 2.28. The maximum atomic E-state index is 13.6. The van der Waals surface area contributed by atoms with Crippen LogP contribution in [0.5, 0.6) is 0 Å². The third-order valence-electron chi connectivity index (χ3n) is 3.35. The van der Waals surface area contributed by atoms with Crippen LogP contribution >= 0.6 is 11.6 Å². The largest absolute Gasteiger partial charge is 0.466 e. The molecule has 1 atom stereocenters. The number of rotatable bonds is 3. The summed E-state index contributed by atoms with van der Waals surface area (Å²) in [6, 6.07) is 3.54. The van der Waals surface area contributed by atoms with Crippen LogP contribution < -0.4 is 0 Å². The highest BCUT2D eigenvalue weighted by atomic mass is 35.5. The molecule has 1 unspecified atom stereocenters. The minimum atomic E-state index is -0.584. The average molecular weight is 285 g/mol. The molecule has 0 aliphatic carbocycles. The maximum Gasteiger partial charge on any atom is 0.129 e. The fraction of sp³-hybridized carbons (Fsp3) is 0.333. The first-order valence-electron chi connectivity index (χ1n) is 6.04. The van der Waals surface area contributed by atoms with Gasteiger partial charge in [-0.3, -0.25) is 0 Å². The van der Waals surface area contributed by atoms with Gasteiger partial charge in [0.1, 0.15) is 23.2 Å². The summed E-state index contributed by atoms with van der Waals surface area (Å²) >= 11 is 6.36. The van der Waals surface area contributed by atoms with Gasteiger partial charge in [-0.1, -0.05) is 6.07 Å². The first-order chi connectivity index (χ1) is 8.90. The van der Waals surface area contributed by atoms with E-state index in [0.29, 0.717) is 12.0 Å². The Morgan fingerprint density at radius 2 is 1.84 bits per heavy atom. The van der Waals surface area contributed by atoms with Crippen LogP contribution in [0.3, 0.4) is 0 Å². The highest BCUT2D eigenvalue weighted by Crippen LogP contribution is 2.34. The summed E-state index contributed by atoms with van der Waals surface area (Å²) in [6.45, 7) is 5.64. The standard InChI is InChI=1S/C15H15ClF2O/c1-8-9(2)19-10(3)15(8)13(16)6-11-4-5-12(17)7-14(11)18/h4-5,7,13H,6H2,1-3H3. The Kier molecular flexibility index (Phi) is 3.95. The van der Waals surface area contributed by atoms with Gasteiger partial charge in [0.05, 0.1) is 5.38 Å². The number of alkyl halides is 1.